The van der Waals surface area contributed by atoms with E-state index in [1.54, 1.807) is 0 Å². The number of rotatable bonds is 4. The van der Waals surface area contributed by atoms with Crippen LogP contribution in [0.15, 0.2) is 42.5 Å². The lowest BCUT2D eigenvalue weighted by Gasteiger charge is -2.32. The lowest BCUT2D eigenvalue weighted by molar-refractivity contribution is -0.132. The summed E-state index contributed by atoms with van der Waals surface area (Å²) >= 11 is 0. The minimum absolute atomic E-state index is 0.109. The zero-order chi connectivity index (χ0) is 19.9. The van der Waals surface area contributed by atoms with E-state index in [1.807, 2.05) is 47.4 Å². The molecule has 6 nitrogen and oxygen atoms in total. The van der Waals surface area contributed by atoms with E-state index < -0.39 is 9.84 Å². The first-order valence-electron chi connectivity index (χ1n) is 9.10. The number of hydrogen-bond acceptors (Lipinski definition) is 5. The van der Waals surface area contributed by atoms with Crippen molar-refractivity contribution in [2.75, 3.05) is 46.0 Å². The van der Waals surface area contributed by atoms with Crippen LogP contribution in [0.4, 0.5) is 0 Å². The Kier molecular flexibility index (Phi) is 7.77. The number of nitrogens with zero attached hydrogens (tertiary/aromatic N) is 2. The predicted octanol–water partition coefficient (Wildman–Crippen LogP) is 1.49. The highest BCUT2D eigenvalue weighted by Gasteiger charge is 2.17. The SMILES string of the molecule is CN1CCN(C(=O)CCN)CC1.CS(=O)(=O)Cc1ccc2ccccc2c1. The van der Waals surface area contributed by atoms with Gasteiger partial charge in [0, 0.05) is 45.4 Å². The van der Waals surface area contributed by atoms with Gasteiger partial charge in [-0.3, -0.25) is 4.79 Å². The summed E-state index contributed by atoms with van der Waals surface area (Å²) in [4.78, 5) is 15.5. The number of piperazine rings is 1. The fraction of sp³-hybridized carbons (Fsp3) is 0.450. The van der Waals surface area contributed by atoms with E-state index in [9.17, 15) is 13.2 Å². The van der Waals surface area contributed by atoms with Gasteiger partial charge in [0.15, 0.2) is 9.84 Å². The van der Waals surface area contributed by atoms with Crippen molar-refractivity contribution in [2.45, 2.75) is 12.2 Å². The Morgan fingerprint density at radius 2 is 1.67 bits per heavy atom. The van der Waals surface area contributed by atoms with Gasteiger partial charge in [-0.05, 0) is 23.4 Å². The molecule has 0 aliphatic carbocycles. The molecule has 0 spiro atoms. The van der Waals surface area contributed by atoms with Crippen LogP contribution in [-0.4, -0.2) is 70.2 Å². The maximum absolute atomic E-state index is 11.3. The average molecular weight is 392 g/mol. The summed E-state index contributed by atoms with van der Waals surface area (Å²) < 4.78 is 22.3. The fourth-order valence-electron chi connectivity index (χ4n) is 2.97. The fourth-order valence-corrected chi connectivity index (χ4v) is 3.75. The number of amides is 1. The first-order chi connectivity index (χ1) is 12.8. The zero-order valence-corrected chi connectivity index (χ0v) is 16.9. The summed E-state index contributed by atoms with van der Waals surface area (Å²) in [7, 11) is -0.872. The molecule has 0 bridgehead atoms. The van der Waals surface area contributed by atoms with Crippen molar-refractivity contribution in [1.29, 1.82) is 0 Å². The van der Waals surface area contributed by atoms with Gasteiger partial charge in [0.25, 0.3) is 0 Å². The van der Waals surface area contributed by atoms with Crippen molar-refractivity contribution in [3.05, 3.63) is 48.0 Å². The van der Waals surface area contributed by atoms with E-state index in [-0.39, 0.29) is 11.7 Å². The molecule has 0 radical (unpaired) electrons. The molecule has 0 saturated carbocycles. The van der Waals surface area contributed by atoms with E-state index >= 15 is 0 Å². The summed E-state index contributed by atoms with van der Waals surface area (Å²) in [5, 5.41) is 2.22. The Balaban J connectivity index is 0.000000199. The molecular weight excluding hydrogens is 362 g/mol. The third-order valence-corrected chi connectivity index (χ3v) is 5.31. The van der Waals surface area contributed by atoms with Crippen molar-refractivity contribution in [2.24, 2.45) is 5.73 Å². The molecule has 0 atom stereocenters. The molecule has 1 saturated heterocycles. The predicted molar refractivity (Wildman–Crippen MR) is 110 cm³/mol. The van der Waals surface area contributed by atoms with E-state index in [0.29, 0.717) is 13.0 Å². The number of fused-ring (bicyclic) bond motifs is 1. The molecule has 148 valence electrons. The van der Waals surface area contributed by atoms with Crippen molar-refractivity contribution in [1.82, 2.24) is 9.80 Å². The molecule has 2 aromatic rings. The minimum Gasteiger partial charge on any atom is -0.340 e. The molecular formula is C20H29N3O3S. The lowest BCUT2D eigenvalue weighted by atomic mass is 10.1. The first kappa shape index (κ1) is 21.3. The van der Waals surface area contributed by atoms with Gasteiger partial charge in [0.2, 0.25) is 5.91 Å². The van der Waals surface area contributed by atoms with Crippen LogP contribution in [0.3, 0.4) is 0 Å². The van der Waals surface area contributed by atoms with Crippen LogP contribution in [0, 0.1) is 0 Å². The summed E-state index contributed by atoms with van der Waals surface area (Å²) in [6, 6.07) is 13.7. The second-order valence-corrected chi connectivity index (χ2v) is 9.11. The number of benzene rings is 2. The quantitative estimate of drug-likeness (QED) is 0.854. The van der Waals surface area contributed by atoms with E-state index in [4.69, 9.17) is 5.73 Å². The number of carbonyl (C=O) groups is 1. The first-order valence-corrected chi connectivity index (χ1v) is 11.2. The van der Waals surface area contributed by atoms with Gasteiger partial charge in [-0.25, -0.2) is 8.42 Å². The molecule has 1 amide bonds. The Labute approximate surface area is 161 Å². The highest BCUT2D eigenvalue weighted by molar-refractivity contribution is 7.89. The summed E-state index contributed by atoms with van der Waals surface area (Å²) in [5.74, 6) is 0.309. The molecule has 27 heavy (non-hydrogen) atoms. The van der Waals surface area contributed by atoms with E-state index in [0.717, 1.165) is 42.5 Å². The Bertz CT molecular complexity index is 860. The maximum Gasteiger partial charge on any atom is 0.223 e. The highest BCUT2D eigenvalue weighted by atomic mass is 32.2. The van der Waals surface area contributed by atoms with Crippen LogP contribution in [0.25, 0.3) is 10.8 Å². The second-order valence-electron chi connectivity index (χ2n) is 6.97. The van der Waals surface area contributed by atoms with Crippen molar-refractivity contribution in [3.8, 4) is 0 Å². The van der Waals surface area contributed by atoms with Gasteiger partial charge in [-0.15, -0.1) is 0 Å². The number of likely N-dealkylation sites (N-methyl/N-ethyl adjacent to an activating group) is 1. The van der Waals surface area contributed by atoms with Crippen LogP contribution in [0.1, 0.15) is 12.0 Å². The zero-order valence-electron chi connectivity index (χ0n) is 16.1. The molecule has 1 heterocycles. The summed E-state index contributed by atoms with van der Waals surface area (Å²) in [6.45, 7) is 4.14. The molecule has 0 unspecified atom stereocenters. The smallest absolute Gasteiger partial charge is 0.223 e. The molecule has 0 aromatic heterocycles. The van der Waals surface area contributed by atoms with E-state index in [1.165, 1.54) is 6.26 Å². The largest absolute Gasteiger partial charge is 0.340 e. The van der Waals surface area contributed by atoms with E-state index in [2.05, 4.69) is 11.9 Å². The second kappa shape index (κ2) is 9.82. The molecule has 3 rings (SSSR count). The standard InChI is InChI=1S/C12H12O2S.C8H17N3O/c1-15(13,14)9-10-6-7-11-4-2-3-5-12(11)8-10;1-10-4-6-11(7-5-10)8(12)2-3-9/h2-8H,9H2,1H3;2-7,9H2,1H3. The van der Waals surface area contributed by atoms with Crippen LogP contribution >= 0.6 is 0 Å². The van der Waals surface area contributed by atoms with Crippen LogP contribution in [-0.2, 0) is 20.4 Å². The average Bonchev–Trinajstić information content (AvgIpc) is 2.61. The number of nitrogens with two attached hydrogens (primary N) is 1. The lowest BCUT2D eigenvalue weighted by Crippen LogP contribution is -2.47. The van der Waals surface area contributed by atoms with Crippen LogP contribution in [0.5, 0.6) is 0 Å². The number of sulfone groups is 1. The van der Waals surface area contributed by atoms with Gasteiger partial charge in [-0.1, -0.05) is 42.5 Å². The molecule has 1 aliphatic rings. The summed E-state index contributed by atoms with van der Waals surface area (Å²) in [5.41, 5.74) is 6.15. The van der Waals surface area contributed by atoms with Gasteiger partial charge in [0.05, 0.1) is 5.75 Å². The third kappa shape index (κ3) is 7.28. The van der Waals surface area contributed by atoms with Gasteiger partial charge in [-0.2, -0.15) is 0 Å². The monoisotopic (exact) mass is 391 g/mol. The Morgan fingerprint density at radius 3 is 2.26 bits per heavy atom. The Morgan fingerprint density at radius 1 is 1.04 bits per heavy atom. The maximum atomic E-state index is 11.3. The molecule has 1 aliphatic heterocycles. The molecule has 2 N–H and O–H groups in total. The topological polar surface area (TPSA) is 83.7 Å². The molecule has 1 fully saturated rings. The van der Waals surface area contributed by atoms with Gasteiger partial charge >= 0.3 is 0 Å². The molecule has 2 aromatic carbocycles. The third-order valence-electron chi connectivity index (χ3n) is 4.46. The molecule has 7 heteroatoms. The van der Waals surface area contributed by atoms with Crippen LogP contribution in [0.2, 0.25) is 0 Å². The highest BCUT2D eigenvalue weighted by Crippen LogP contribution is 2.16. The van der Waals surface area contributed by atoms with Crippen molar-refractivity contribution in [3.63, 3.8) is 0 Å². The normalized spacial score (nSPS) is 15.3. The van der Waals surface area contributed by atoms with Crippen molar-refractivity contribution < 1.29 is 13.2 Å². The Hall–Kier alpha value is -1.96. The number of hydrogen-bond donors (Lipinski definition) is 1. The van der Waals surface area contributed by atoms with Crippen LogP contribution < -0.4 is 5.73 Å². The minimum atomic E-state index is -2.95. The summed E-state index contributed by atoms with van der Waals surface area (Å²) in [6.07, 6.45) is 1.74. The number of carbonyl (C=O) groups excluding carboxylic acids is 1. The van der Waals surface area contributed by atoms with Gasteiger partial charge in [0.1, 0.15) is 0 Å². The van der Waals surface area contributed by atoms with Gasteiger partial charge < -0.3 is 15.5 Å². The van der Waals surface area contributed by atoms with Crippen molar-refractivity contribution >= 4 is 26.5 Å².